The third-order valence-corrected chi connectivity index (χ3v) is 4.29. The third kappa shape index (κ3) is 2.96. The Bertz CT molecular complexity index is 963. The number of nitrogens with zero attached hydrogens (tertiary/aromatic N) is 4. The van der Waals surface area contributed by atoms with Gasteiger partial charge in [0.1, 0.15) is 12.7 Å². The molecule has 5 nitrogen and oxygen atoms in total. The number of para-hydroxylation sites is 1. The Kier molecular flexibility index (Phi) is 4.12. The number of hydrogen-bond acceptors (Lipinski definition) is 4. The lowest BCUT2D eigenvalue weighted by Crippen LogP contribution is -2.11. The van der Waals surface area contributed by atoms with Gasteiger partial charge in [0, 0.05) is 5.69 Å². The Morgan fingerprint density at radius 3 is 2.36 bits per heavy atom. The number of hydrogen-bond donors (Lipinski definition) is 1. The van der Waals surface area contributed by atoms with Crippen molar-refractivity contribution in [1.29, 1.82) is 0 Å². The Balaban J connectivity index is 1.72. The zero-order chi connectivity index (χ0) is 17.1. The molecule has 2 heterocycles. The normalized spacial score (nSPS) is 12.2. The van der Waals surface area contributed by atoms with Crippen LogP contribution in [-0.4, -0.2) is 19.5 Å². The molecule has 0 unspecified atom stereocenters. The number of rotatable bonds is 5. The van der Waals surface area contributed by atoms with Crippen LogP contribution >= 0.6 is 0 Å². The van der Waals surface area contributed by atoms with Crippen molar-refractivity contribution in [3.63, 3.8) is 0 Å². The van der Waals surface area contributed by atoms with Crippen molar-refractivity contribution in [3.8, 4) is 5.69 Å². The van der Waals surface area contributed by atoms with E-state index in [0.29, 0.717) is 0 Å². The van der Waals surface area contributed by atoms with Crippen LogP contribution in [0.15, 0.2) is 73.3 Å². The summed E-state index contributed by atoms with van der Waals surface area (Å²) in [7, 11) is 0. The van der Waals surface area contributed by atoms with E-state index in [9.17, 15) is 0 Å². The molecule has 1 atom stereocenters. The Hall–Kier alpha value is -3.21. The molecule has 0 radical (unpaired) electrons. The summed E-state index contributed by atoms with van der Waals surface area (Å²) in [6.45, 7) is 2.16. The summed E-state index contributed by atoms with van der Waals surface area (Å²) in [5.74, 6) is 0.760. The minimum atomic E-state index is 0.182. The molecule has 0 aliphatic rings. The molecule has 2 aromatic carbocycles. The van der Waals surface area contributed by atoms with Gasteiger partial charge in [0.05, 0.1) is 6.04 Å². The fourth-order valence-corrected chi connectivity index (χ4v) is 2.99. The van der Waals surface area contributed by atoms with E-state index < -0.39 is 0 Å². The Morgan fingerprint density at radius 2 is 1.64 bits per heavy atom. The monoisotopic (exact) mass is 329 g/mol. The summed E-state index contributed by atoms with van der Waals surface area (Å²) >= 11 is 0. The number of aromatic nitrogens is 4. The van der Waals surface area contributed by atoms with E-state index in [4.69, 9.17) is 0 Å². The summed E-state index contributed by atoms with van der Waals surface area (Å²) in [6, 6.07) is 20.7. The molecule has 0 saturated carbocycles. The van der Waals surface area contributed by atoms with Crippen LogP contribution in [0.3, 0.4) is 0 Å². The number of fused-ring (bicyclic) bond motifs is 1. The molecule has 5 heteroatoms. The fraction of sp³-hybridized carbons (Fsp3) is 0.150. The molecular weight excluding hydrogens is 310 g/mol. The fourth-order valence-electron chi connectivity index (χ4n) is 2.99. The number of benzene rings is 2. The van der Waals surface area contributed by atoms with Crippen molar-refractivity contribution in [3.05, 3.63) is 78.9 Å². The second-order valence-corrected chi connectivity index (χ2v) is 5.86. The molecule has 0 amide bonds. The van der Waals surface area contributed by atoms with E-state index >= 15 is 0 Å². The molecule has 4 aromatic rings. The van der Waals surface area contributed by atoms with Crippen LogP contribution < -0.4 is 5.32 Å². The second-order valence-electron chi connectivity index (χ2n) is 5.86. The standard InChI is InChI=1S/C20H19N5/c1-2-17(15-9-5-3-6-10-15)24-19-18-20(22-13-21-19)25(14-23-18)16-11-7-4-8-12-16/h3-14,17H,2H2,1H3,(H,21,22,24)/t17-/m0/s1. The maximum absolute atomic E-state index is 4.55. The van der Waals surface area contributed by atoms with Crippen molar-refractivity contribution in [2.45, 2.75) is 19.4 Å². The minimum Gasteiger partial charge on any atom is -0.361 e. The maximum atomic E-state index is 4.55. The molecule has 2 aromatic heterocycles. The van der Waals surface area contributed by atoms with Crippen LogP contribution in [0.5, 0.6) is 0 Å². The van der Waals surface area contributed by atoms with Gasteiger partial charge in [-0.2, -0.15) is 0 Å². The second kappa shape index (κ2) is 6.73. The van der Waals surface area contributed by atoms with Crippen LogP contribution in [0, 0.1) is 0 Å². The van der Waals surface area contributed by atoms with E-state index in [2.05, 4.69) is 51.5 Å². The molecular formula is C20H19N5. The van der Waals surface area contributed by atoms with Gasteiger partial charge in [-0.25, -0.2) is 15.0 Å². The predicted molar refractivity (Wildman–Crippen MR) is 99.8 cm³/mol. The quantitative estimate of drug-likeness (QED) is 0.590. The molecule has 1 N–H and O–H groups in total. The Morgan fingerprint density at radius 1 is 0.920 bits per heavy atom. The molecule has 0 spiro atoms. The van der Waals surface area contributed by atoms with Crippen LogP contribution in [0.1, 0.15) is 24.9 Å². The van der Waals surface area contributed by atoms with Crippen molar-refractivity contribution in [1.82, 2.24) is 19.5 Å². The summed E-state index contributed by atoms with van der Waals surface area (Å²) in [5.41, 5.74) is 3.84. The molecule has 0 bridgehead atoms. The average molecular weight is 329 g/mol. The van der Waals surface area contributed by atoms with Gasteiger partial charge in [0.25, 0.3) is 0 Å². The highest BCUT2D eigenvalue weighted by Crippen LogP contribution is 2.26. The lowest BCUT2D eigenvalue weighted by molar-refractivity contribution is 0.745. The predicted octanol–water partition coefficient (Wildman–Crippen LogP) is 4.38. The van der Waals surface area contributed by atoms with Gasteiger partial charge in [-0.05, 0) is 24.1 Å². The maximum Gasteiger partial charge on any atom is 0.170 e. The van der Waals surface area contributed by atoms with Crippen molar-refractivity contribution < 1.29 is 0 Å². The molecule has 25 heavy (non-hydrogen) atoms. The average Bonchev–Trinajstić information content (AvgIpc) is 3.12. The lowest BCUT2D eigenvalue weighted by atomic mass is 10.0. The molecule has 124 valence electrons. The number of anilines is 1. The van der Waals surface area contributed by atoms with Gasteiger partial charge in [-0.15, -0.1) is 0 Å². The van der Waals surface area contributed by atoms with Gasteiger partial charge >= 0.3 is 0 Å². The van der Waals surface area contributed by atoms with E-state index in [-0.39, 0.29) is 6.04 Å². The topological polar surface area (TPSA) is 55.6 Å². The summed E-state index contributed by atoms with van der Waals surface area (Å²) < 4.78 is 1.98. The van der Waals surface area contributed by atoms with Crippen LogP contribution in [0.25, 0.3) is 16.9 Å². The van der Waals surface area contributed by atoms with Gasteiger partial charge in [0.2, 0.25) is 0 Å². The first-order chi connectivity index (χ1) is 12.4. The zero-order valence-electron chi connectivity index (χ0n) is 14.0. The lowest BCUT2D eigenvalue weighted by Gasteiger charge is -2.18. The van der Waals surface area contributed by atoms with Crippen LogP contribution in [0.2, 0.25) is 0 Å². The molecule has 4 rings (SSSR count). The largest absolute Gasteiger partial charge is 0.361 e. The van der Waals surface area contributed by atoms with Gasteiger partial charge in [0.15, 0.2) is 17.0 Å². The minimum absolute atomic E-state index is 0.182. The highest BCUT2D eigenvalue weighted by Gasteiger charge is 2.15. The van der Waals surface area contributed by atoms with Crippen molar-refractivity contribution in [2.75, 3.05) is 5.32 Å². The van der Waals surface area contributed by atoms with Crippen molar-refractivity contribution in [2.24, 2.45) is 0 Å². The molecule has 0 aliphatic carbocycles. The summed E-state index contributed by atoms with van der Waals surface area (Å²) in [5, 5.41) is 3.53. The van der Waals surface area contributed by atoms with E-state index in [1.54, 1.807) is 12.7 Å². The zero-order valence-corrected chi connectivity index (χ0v) is 14.0. The summed E-state index contributed by atoms with van der Waals surface area (Å²) in [4.78, 5) is 13.4. The summed E-state index contributed by atoms with van der Waals surface area (Å²) in [6.07, 6.45) is 4.34. The highest BCUT2D eigenvalue weighted by molar-refractivity contribution is 5.84. The number of nitrogens with one attached hydrogen (secondary N) is 1. The van der Waals surface area contributed by atoms with Crippen LogP contribution in [0.4, 0.5) is 5.82 Å². The Labute approximate surface area is 146 Å². The molecule has 0 aliphatic heterocycles. The van der Waals surface area contributed by atoms with Gasteiger partial charge < -0.3 is 5.32 Å². The molecule has 0 fully saturated rings. The van der Waals surface area contributed by atoms with Gasteiger partial charge in [-0.1, -0.05) is 55.5 Å². The van der Waals surface area contributed by atoms with E-state index in [1.807, 2.05) is 41.0 Å². The van der Waals surface area contributed by atoms with Crippen LogP contribution in [-0.2, 0) is 0 Å². The third-order valence-electron chi connectivity index (χ3n) is 4.29. The first kappa shape index (κ1) is 15.3. The van der Waals surface area contributed by atoms with E-state index in [0.717, 1.165) is 29.1 Å². The first-order valence-electron chi connectivity index (χ1n) is 8.41. The molecule has 0 saturated heterocycles. The first-order valence-corrected chi connectivity index (χ1v) is 8.41. The van der Waals surface area contributed by atoms with Crippen molar-refractivity contribution >= 4 is 17.0 Å². The van der Waals surface area contributed by atoms with Gasteiger partial charge in [-0.3, -0.25) is 4.57 Å². The SMILES string of the molecule is CC[C@H](Nc1ncnc2c1ncn2-c1ccccc1)c1ccccc1. The number of imidazole rings is 1. The highest BCUT2D eigenvalue weighted by atomic mass is 15.2. The smallest absolute Gasteiger partial charge is 0.170 e. The van der Waals surface area contributed by atoms with E-state index in [1.165, 1.54) is 5.56 Å².